The SMILES string of the molecule is CCCCC(C)(CCCC)COCC(=O)OC. The largest absolute Gasteiger partial charge is 0.467 e. The lowest BCUT2D eigenvalue weighted by atomic mass is 9.81. The molecule has 0 N–H and O–H groups in total. The van der Waals surface area contributed by atoms with E-state index in [1.807, 2.05) is 0 Å². The van der Waals surface area contributed by atoms with Gasteiger partial charge < -0.3 is 9.47 Å². The van der Waals surface area contributed by atoms with Crippen LogP contribution in [0.15, 0.2) is 0 Å². The number of unbranched alkanes of at least 4 members (excludes halogenated alkanes) is 2. The maximum absolute atomic E-state index is 11.0. The fourth-order valence-electron chi connectivity index (χ4n) is 1.92. The zero-order valence-corrected chi connectivity index (χ0v) is 11.9. The van der Waals surface area contributed by atoms with Gasteiger partial charge in [0.05, 0.1) is 13.7 Å². The van der Waals surface area contributed by atoms with Gasteiger partial charge in [0.2, 0.25) is 0 Å². The van der Waals surface area contributed by atoms with Crippen molar-refractivity contribution in [2.75, 3.05) is 20.3 Å². The molecule has 0 radical (unpaired) electrons. The summed E-state index contributed by atoms with van der Waals surface area (Å²) in [6.45, 7) is 7.40. The van der Waals surface area contributed by atoms with Crippen LogP contribution in [0.1, 0.15) is 59.3 Å². The Labute approximate surface area is 106 Å². The molecule has 0 saturated carbocycles. The molecule has 0 aliphatic rings. The Kier molecular flexibility index (Phi) is 9.14. The molecule has 0 aromatic rings. The van der Waals surface area contributed by atoms with Crippen LogP contribution < -0.4 is 0 Å². The van der Waals surface area contributed by atoms with E-state index in [1.165, 1.54) is 45.6 Å². The van der Waals surface area contributed by atoms with Gasteiger partial charge in [0, 0.05) is 0 Å². The van der Waals surface area contributed by atoms with Crippen molar-refractivity contribution >= 4 is 5.97 Å². The van der Waals surface area contributed by atoms with E-state index in [4.69, 9.17) is 4.74 Å². The first-order valence-corrected chi connectivity index (χ1v) is 6.72. The van der Waals surface area contributed by atoms with E-state index in [0.717, 1.165) is 0 Å². The second-order valence-corrected chi connectivity index (χ2v) is 5.09. The second-order valence-electron chi connectivity index (χ2n) is 5.09. The maximum atomic E-state index is 11.0. The summed E-state index contributed by atoms with van der Waals surface area (Å²) in [5.41, 5.74) is 0.208. The third-order valence-corrected chi connectivity index (χ3v) is 3.17. The molecule has 0 fully saturated rings. The normalized spacial score (nSPS) is 11.5. The van der Waals surface area contributed by atoms with Gasteiger partial charge in [-0.1, -0.05) is 46.5 Å². The Morgan fingerprint density at radius 1 is 1.12 bits per heavy atom. The van der Waals surface area contributed by atoms with Gasteiger partial charge in [-0.05, 0) is 18.3 Å². The summed E-state index contributed by atoms with van der Waals surface area (Å²) in [7, 11) is 1.39. The van der Waals surface area contributed by atoms with Gasteiger partial charge >= 0.3 is 5.97 Å². The van der Waals surface area contributed by atoms with E-state index in [2.05, 4.69) is 25.5 Å². The van der Waals surface area contributed by atoms with Crippen molar-refractivity contribution in [2.24, 2.45) is 5.41 Å². The van der Waals surface area contributed by atoms with Gasteiger partial charge in [0.25, 0.3) is 0 Å². The van der Waals surface area contributed by atoms with Crippen molar-refractivity contribution in [2.45, 2.75) is 59.3 Å². The maximum Gasteiger partial charge on any atom is 0.331 e. The standard InChI is InChI=1S/C14H28O3/c1-5-7-9-14(3,10-8-6-2)12-17-11-13(15)16-4/h5-12H2,1-4H3. The molecule has 0 aliphatic heterocycles. The Bertz CT molecular complexity index is 194. The van der Waals surface area contributed by atoms with Crippen LogP contribution in [0.3, 0.4) is 0 Å². The molecule has 0 aromatic carbocycles. The Morgan fingerprint density at radius 3 is 2.06 bits per heavy atom. The molecule has 3 nitrogen and oxygen atoms in total. The van der Waals surface area contributed by atoms with Crippen LogP contribution in [-0.4, -0.2) is 26.3 Å². The van der Waals surface area contributed by atoms with Crippen molar-refractivity contribution in [3.63, 3.8) is 0 Å². The summed E-state index contributed by atoms with van der Waals surface area (Å²) < 4.78 is 10.0. The molecular formula is C14H28O3. The number of rotatable bonds is 10. The number of hydrogen-bond donors (Lipinski definition) is 0. The van der Waals surface area contributed by atoms with Crippen molar-refractivity contribution in [1.82, 2.24) is 0 Å². The third kappa shape index (κ3) is 8.19. The predicted molar refractivity (Wildman–Crippen MR) is 70.0 cm³/mol. The van der Waals surface area contributed by atoms with E-state index >= 15 is 0 Å². The van der Waals surface area contributed by atoms with Gasteiger partial charge in [0.15, 0.2) is 0 Å². The lowest BCUT2D eigenvalue weighted by Gasteiger charge is -2.29. The molecule has 0 spiro atoms. The number of carbonyl (C=O) groups is 1. The van der Waals surface area contributed by atoms with Gasteiger partial charge in [-0.3, -0.25) is 0 Å². The minimum Gasteiger partial charge on any atom is -0.467 e. The molecule has 0 unspecified atom stereocenters. The summed E-state index contributed by atoms with van der Waals surface area (Å²) >= 11 is 0. The van der Waals surface area contributed by atoms with Crippen LogP contribution >= 0.6 is 0 Å². The van der Waals surface area contributed by atoms with Crippen LogP contribution in [0.4, 0.5) is 0 Å². The first kappa shape index (κ1) is 16.4. The van der Waals surface area contributed by atoms with E-state index < -0.39 is 0 Å². The van der Waals surface area contributed by atoms with Gasteiger partial charge in [-0.15, -0.1) is 0 Å². The summed E-state index contributed by atoms with van der Waals surface area (Å²) in [5, 5.41) is 0. The highest BCUT2D eigenvalue weighted by Crippen LogP contribution is 2.30. The molecule has 0 amide bonds. The topological polar surface area (TPSA) is 35.5 Å². The van der Waals surface area contributed by atoms with Crippen LogP contribution in [0.25, 0.3) is 0 Å². The van der Waals surface area contributed by atoms with Crippen molar-refractivity contribution in [1.29, 1.82) is 0 Å². The van der Waals surface area contributed by atoms with Crippen LogP contribution in [0.5, 0.6) is 0 Å². The van der Waals surface area contributed by atoms with Crippen LogP contribution in [0.2, 0.25) is 0 Å². The average Bonchev–Trinajstić information content (AvgIpc) is 2.34. The predicted octanol–water partition coefficient (Wildman–Crippen LogP) is 3.56. The molecule has 102 valence electrons. The summed E-state index contributed by atoms with van der Waals surface area (Å²) in [6, 6.07) is 0. The number of carbonyl (C=O) groups excluding carboxylic acids is 1. The molecule has 0 heterocycles. The monoisotopic (exact) mass is 244 g/mol. The first-order valence-electron chi connectivity index (χ1n) is 6.72. The molecule has 0 saturated heterocycles. The highest BCUT2D eigenvalue weighted by atomic mass is 16.6. The number of methoxy groups -OCH3 is 1. The number of esters is 1. The van der Waals surface area contributed by atoms with Crippen molar-refractivity contribution in [3.05, 3.63) is 0 Å². The molecular weight excluding hydrogens is 216 g/mol. The van der Waals surface area contributed by atoms with Gasteiger partial charge in [-0.2, -0.15) is 0 Å². The lowest BCUT2D eigenvalue weighted by Crippen LogP contribution is -2.25. The Morgan fingerprint density at radius 2 is 1.65 bits per heavy atom. The summed E-state index contributed by atoms with van der Waals surface area (Å²) in [5.74, 6) is -0.293. The van der Waals surface area contributed by atoms with Crippen molar-refractivity contribution < 1.29 is 14.3 Å². The summed E-state index contributed by atoms with van der Waals surface area (Å²) in [6.07, 6.45) is 7.20. The smallest absolute Gasteiger partial charge is 0.331 e. The zero-order valence-electron chi connectivity index (χ0n) is 11.9. The molecule has 0 bridgehead atoms. The average molecular weight is 244 g/mol. The van der Waals surface area contributed by atoms with E-state index in [-0.39, 0.29) is 18.0 Å². The second kappa shape index (κ2) is 9.46. The van der Waals surface area contributed by atoms with Gasteiger partial charge in [-0.25, -0.2) is 4.79 Å². The fraction of sp³-hybridized carbons (Fsp3) is 0.929. The Balaban J connectivity index is 4.03. The molecule has 0 atom stereocenters. The van der Waals surface area contributed by atoms with Crippen LogP contribution in [0, 0.1) is 5.41 Å². The van der Waals surface area contributed by atoms with E-state index in [1.54, 1.807) is 0 Å². The van der Waals surface area contributed by atoms with Crippen molar-refractivity contribution in [3.8, 4) is 0 Å². The minimum absolute atomic E-state index is 0.0737. The molecule has 0 aliphatic carbocycles. The van der Waals surface area contributed by atoms with E-state index in [0.29, 0.717) is 6.61 Å². The third-order valence-electron chi connectivity index (χ3n) is 3.17. The summed E-state index contributed by atoms with van der Waals surface area (Å²) in [4.78, 5) is 11.0. The number of hydrogen-bond acceptors (Lipinski definition) is 3. The fourth-order valence-corrected chi connectivity index (χ4v) is 1.92. The quantitative estimate of drug-likeness (QED) is 0.551. The molecule has 17 heavy (non-hydrogen) atoms. The highest BCUT2D eigenvalue weighted by molar-refractivity contribution is 5.70. The molecule has 3 heteroatoms. The van der Waals surface area contributed by atoms with Gasteiger partial charge in [0.1, 0.15) is 6.61 Å². The minimum atomic E-state index is -0.293. The lowest BCUT2D eigenvalue weighted by molar-refractivity contribution is -0.147. The van der Waals surface area contributed by atoms with E-state index in [9.17, 15) is 4.79 Å². The molecule has 0 aromatic heterocycles. The highest BCUT2D eigenvalue weighted by Gasteiger charge is 2.23. The van der Waals surface area contributed by atoms with Crippen LogP contribution in [-0.2, 0) is 14.3 Å². The Hall–Kier alpha value is -0.570. The zero-order chi connectivity index (χ0) is 13.1. The number of ether oxygens (including phenoxy) is 2. The first-order chi connectivity index (χ1) is 8.08. The molecule has 0 rings (SSSR count).